The van der Waals surface area contributed by atoms with Crippen molar-refractivity contribution >= 4 is 72.7 Å². The number of hydrogen-bond donors (Lipinski definition) is 3. The quantitative estimate of drug-likeness (QED) is 0.0599. The fourth-order valence-corrected chi connectivity index (χ4v) is 12.4. The van der Waals surface area contributed by atoms with Crippen molar-refractivity contribution in [2.24, 2.45) is 0 Å². The van der Waals surface area contributed by atoms with Gasteiger partial charge in [0.05, 0.1) is 38.6 Å². The van der Waals surface area contributed by atoms with Crippen molar-refractivity contribution in [3.05, 3.63) is 164 Å². The van der Waals surface area contributed by atoms with Crippen molar-refractivity contribution in [3.63, 3.8) is 0 Å². The number of rotatable bonds is 16. The van der Waals surface area contributed by atoms with E-state index in [-0.39, 0.29) is 71.7 Å². The van der Waals surface area contributed by atoms with Gasteiger partial charge in [0, 0.05) is 64.0 Å². The highest BCUT2D eigenvalue weighted by molar-refractivity contribution is 7.89. The fraction of sp³-hybridized carbons (Fsp3) is 0.288. The number of carbonyl (C=O) groups is 1. The lowest BCUT2D eigenvalue weighted by atomic mass is 10.1. The van der Waals surface area contributed by atoms with E-state index in [1.54, 1.807) is 34.2 Å². The average molecular weight is 1420 g/mol. The molecule has 0 atom stereocenters. The molecule has 39 heteroatoms. The van der Waals surface area contributed by atoms with E-state index < -0.39 is 154 Å². The number of ether oxygens (including phenoxy) is 4. The first kappa shape index (κ1) is 70.7. The minimum absolute atomic E-state index is 0.0463. The molecule has 2 saturated heterocycles. The van der Waals surface area contributed by atoms with Gasteiger partial charge in [-0.2, -0.15) is 41.3 Å². The number of aromatic amines is 2. The number of aldehydes is 1. The molecule has 0 radical (unpaired) electrons. The summed E-state index contributed by atoms with van der Waals surface area (Å²) >= 11 is 25.2. The van der Waals surface area contributed by atoms with Gasteiger partial charge in [0.2, 0.25) is 26.3 Å². The summed E-state index contributed by atoms with van der Waals surface area (Å²) in [5, 5.41) is 15.9. The Morgan fingerprint density at radius 2 is 0.967 bits per heavy atom. The van der Waals surface area contributed by atoms with Crippen LogP contribution < -0.4 is 41.4 Å². The number of piperidine rings is 2. The molecule has 2 aromatic heterocycles. The zero-order valence-corrected chi connectivity index (χ0v) is 50.3. The van der Waals surface area contributed by atoms with Crippen LogP contribution >= 0.6 is 46.4 Å². The van der Waals surface area contributed by atoms with Crippen LogP contribution in [-0.2, 0) is 31.4 Å². The van der Waals surface area contributed by atoms with E-state index in [0.29, 0.717) is 20.7 Å². The SMILES string of the molecule is COc1ccc(COc2ccc(Oc3c(Cl)cc(-n4nc(C(F)F)c(=O)[nH]c4=O)cc3Cl)cc2S(=O)(=O)N2CCC(F)(F)CC2)cc1.O=CC(F)(F)F.O=c1[nH]c(=O)n(-c2cc(Cl)c(Oc3ccc(O)c(S(=O)(=O)N4CCC(F)(F)CC4)c3)c(Cl)c2)nc1C(F)F. The molecule has 22 nitrogen and oxygen atoms in total. The highest BCUT2D eigenvalue weighted by Crippen LogP contribution is 2.43. The van der Waals surface area contributed by atoms with Gasteiger partial charge in [0.15, 0.2) is 22.9 Å². The van der Waals surface area contributed by atoms with Gasteiger partial charge >= 0.3 is 17.6 Å². The van der Waals surface area contributed by atoms with Gasteiger partial charge in [-0.25, -0.2) is 61.5 Å². The molecular weight excluding hydrogens is 1380 g/mol. The molecule has 0 saturated carbocycles. The zero-order chi connectivity index (χ0) is 67.3. The average Bonchev–Trinajstić information content (AvgIpc) is 1.41. The van der Waals surface area contributed by atoms with Crippen molar-refractivity contribution in [2.45, 2.75) is 73.0 Å². The summed E-state index contributed by atoms with van der Waals surface area (Å²) < 4.78 is 217. The number of hydrogen-bond acceptors (Lipinski definition) is 16. The Balaban J connectivity index is 0.000000241. The van der Waals surface area contributed by atoms with Crippen LogP contribution in [0.1, 0.15) is 55.5 Å². The molecule has 4 heterocycles. The number of nitrogens with one attached hydrogen (secondary N) is 2. The van der Waals surface area contributed by atoms with Gasteiger partial charge in [-0.3, -0.25) is 24.4 Å². The third-order valence-electron chi connectivity index (χ3n) is 12.7. The molecule has 7 aromatic rings. The number of phenolic OH excluding ortho intramolecular Hbond substituents is 1. The van der Waals surface area contributed by atoms with Gasteiger partial charge in [-0.05, 0) is 66.2 Å². The minimum Gasteiger partial charge on any atom is -0.507 e. The predicted octanol–water partition coefficient (Wildman–Crippen LogP) is 10.8. The van der Waals surface area contributed by atoms with Crippen LogP contribution in [-0.4, -0.2) is 118 Å². The Hall–Kier alpha value is -7.80. The number of sulfonamides is 2. The Labute approximate surface area is 523 Å². The van der Waals surface area contributed by atoms with Crippen molar-refractivity contribution in [1.82, 2.24) is 38.1 Å². The van der Waals surface area contributed by atoms with Crippen LogP contribution in [0, 0.1) is 0 Å². The normalized spacial score (nSPS) is 15.2. The van der Waals surface area contributed by atoms with E-state index in [4.69, 9.17) is 70.1 Å². The van der Waals surface area contributed by atoms with Gasteiger partial charge in [0.1, 0.15) is 45.1 Å². The molecule has 5 aromatic carbocycles. The van der Waals surface area contributed by atoms with Crippen LogP contribution in [0.2, 0.25) is 20.1 Å². The molecule has 91 heavy (non-hydrogen) atoms. The lowest BCUT2D eigenvalue weighted by molar-refractivity contribution is -0.156. The van der Waals surface area contributed by atoms with Crippen LogP contribution in [0.3, 0.4) is 0 Å². The number of aromatic nitrogens is 6. The van der Waals surface area contributed by atoms with Crippen molar-refractivity contribution < 1.29 is 94.0 Å². The molecule has 3 N–H and O–H groups in total. The first-order chi connectivity index (χ1) is 42.4. The summed E-state index contributed by atoms with van der Waals surface area (Å²) in [6, 6.07) is 18.1. The lowest BCUT2D eigenvalue weighted by Gasteiger charge is -2.31. The monoisotopic (exact) mass is 1410 g/mol. The molecule has 0 spiro atoms. The molecular formula is C52H41Cl4F11N8O14S2. The van der Waals surface area contributed by atoms with Crippen LogP contribution in [0.25, 0.3) is 11.4 Å². The Morgan fingerprint density at radius 3 is 1.34 bits per heavy atom. The first-order valence-corrected chi connectivity index (χ1v) is 29.7. The smallest absolute Gasteiger partial charge is 0.446 e. The zero-order valence-electron chi connectivity index (χ0n) is 45.6. The van der Waals surface area contributed by atoms with Crippen molar-refractivity contribution in [1.29, 1.82) is 0 Å². The highest BCUT2D eigenvalue weighted by atomic mass is 35.5. The van der Waals surface area contributed by atoms with E-state index in [2.05, 4.69) is 10.2 Å². The molecule has 0 unspecified atom stereocenters. The lowest BCUT2D eigenvalue weighted by Crippen LogP contribution is -2.42. The molecule has 2 aliphatic heterocycles. The molecule has 2 fully saturated rings. The highest BCUT2D eigenvalue weighted by Gasteiger charge is 2.41. The maximum Gasteiger partial charge on any atom is 0.446 e. The summed E-state index contributed by atoms with van der Waals surface area (Å²) in [4.78, 5) is 58.7. The summed E-state index contributed by atoms with van der Waals surface area (Å²) in [5.74, 6) is -6.84. The summed E-state index contributed by atoms with van der Waals surface area (Å²) in [5.41, 5.74) is -7.16. The number of H-pyrrole nitrogens is 2. The molecule has 2 aliphatic rings. The molecule has 490 valence electrons. The maximum atomic E-state index is 13.9. The van der Waals surface area contributed by atoms with Crippen LogP contribution in [0.4, 0.5) is 48.3 Å². The summed E-state index contributed by atoms with van der Waals surface area (Å²) in [7, 11) is -7.25. The van der Waals surface area contributed by atoms with Gasteiger partial charge < -0.3 is 24.1 Å². The van der Waals surface area contributed by atoms with E-state index in [9.17, 15) is 89.4 Å². The molecule has 0 amide bonds. The van der Waals surface area contributed by atoms with Gasteiger partial charge in [-0.1, -0.05) is 58.5 Å². The number of phenols is 1. The minimum atomic E-state index is -4.64. The second-order valence-corrected chi connectivity index (χ2v) is 24.4. The van der Waals surface area contributed by atoms with E-state index in [1.165, 1.54) is 25.3 Å². The second kappa shape index (κ2) is 28.4. The number of alkyl halides is 11. The Bertz CT molecular complexity index is 4290. The van der Waals surface area contributed by atoms with Crippen molar-refractivity contribution in [2.75, 3.05) is 33.3 Å². The number of methoxy groups -OCH3 is 1. The van der Waals surface area contributed by atoms with Gasteiger partial charge in [0.25, 0.3) is 35.8 Å². The van der Waals surface area contributed by atoms with E-state index in [1.807, 2.05) is 0 Å². The molecule has 0 bridgehead atoms. The number of benzene rings is 5. The van der Waals surface area contributed by atoms with Crippen molar-refractivity contribution in [3.8, 4) is 51.6 Å². The number of halogens is 15. The number of nitrogens with zero attached hydrogens (tertiary/aromatic N) is 6. The van der Waals surface area contributed by atoms with Crippen LogP contribution in [0.15, 0.2) is 114 Å². The standard InChI is InChI=1S/C29H24Cl2F4N4O7S.C21H16Cl2F4N4O6S.C2HF3O/c1-44-18-4-2-16(3-5-18)15-45-22-7-6-19(14-23(22)47(42,43)38-10-8-29(34,35)9-11-38)46-25-20(30)12-17(13-21(25)31)39-28(41)36-27(40)24(37-39)26(32)33;22-12-7-10(31-20(34)28-19(33)16(29-31)18(24)25)8-13(23)17(12)37-11-1-2-14(32)15(9-11)38(35,36)30-5-3-21(26,27)4-6-30;3-2(4,5)1-6/h2-7,12-14,26H,8-11,15H2,1H3,(H,36,40,41);1-2,7-9,18,32H,3-6H2,(H,28,33,34);1H. The maximum absolute atomic E-state index is 13.9. The number of carbonyl (C=O) groups excluding carboxylic acids is 1. The third-order valence-corrected chi connectivity index (χ3v) is 17.7. The van der Waals surface area contributed by atoms with E-state index in [0.717, 1.165) is 51.1 Å². The largest absolute Gasteiger partial charge is 0.507 e. The molecule has 9 rings (SSSR count). The molecule has 0 aliphatic carbocycles. The third kappa shape index (κ3) is 17.4. The summed E-state index contributed by atoms with van der Waals surface area (Å²) in [6.45, 7) is -1.81. The number of aromatic hydroxyl groups is 1. The summed E-state index contributed by atoms with van der Waals surface area (Å²) in [6.07, 6.45) is -14.9. The van der Waals surface area contributed by atoms with E-state index >= 15 is 0 Å². The van der Waals surface area contributed by atoms with Crippen LogP contribution in [0.5, 0.6) is 40.2 Å². The fourth-order valence-electron chi connectivity index (χ4n) is 8.13. The second-order valence-electron chi connectivity index (χ2n) is 18.9. The van der Waals surface area contributed by atoms with Gasteiger partial charge in [-0.15, -0.1) is 0 Å². The Morgan fingerprint density at radius 1 is 0.604 bits per heavy atom. The first-order valence-electron chi connectivity index (χ1n) is 25.3. The predicted molar refractivity (Wildman–Crippen MR) is 301 cm³/mol. The topological polar surface area (TPSA) is 284 Å². The Kier molecular flexibility index (Phi) is 22.0.